The van der Waals surface area contributed by atoms with Gasteiger partial charge in [-0.2, -0.15) is 0 Å². The van der Waals surface area contributed by atoms with Gasteiger partial charge in [-0.05, 0) is 44.0 Å². The number of rotatable bonds is 11. The van der Waals surface area contributed by atoms with E-state index in [1.807, 2.05) is 48.5 Å². The average molecular weight is 355 g/mol. The lowest BCUT2D eigenvalue weighted by Crippen LogP contribution is -2.39. The summed E-state index contributed by atoms with van der Waals surface area (Å²) in [5.74, 6) is 2.64. The molecule has 0 amide bonds. The summed E-state index contributed by atoms with van der Waals surface area (Å²) in [5, 5.41) is 9.86. The molecule has 2 rings (SSSR count). The molecule has 1 heterocycles. The minimum atomic E-state index is 0.600. The van der Waals surface area contributed by atoms with Crippen LogP contribution in [-0.4, -0.2) is 43.7 Å². The van der Waals surface area contributed by atoms with Gasteiger partial charge in [0.25, 0.3) is 0 Å². The zero-order valence-corrected chi connectivity index (χ0v) is 15.4. The number of pyridine rings is 1. The van der Waals surface area contributed by atoms with Gasteiger partial charge in [0.15, 0.2) is 5.96 Å². The lowest BCUT2D eigenvalue weighted by atomic mass is 10.3. The fourth-order valence-electron chi connectivity index (χ4n) is 2.31. The van der Waals surface area contributed by atoms with Gasteiger partial charge in [-0.1, -0.05) is 24.3 Å². The molecule has 140 valence electrons. The van der Waals surface area contributed by atoms with Gasteiger partial charge in [-0.3, -0.25) is 4.99 Å². The highest BCUT2D eigenvalue weighted by Crippen LogP contribution is 2.07. The second-order valence-corrected chi connectivity index (χ2v) is 5.70. The molecule has 1 aromatic carbocycles. The van der Waals surface area contributed by atoms with Crippen LogP contribution in [0.5, 0.6) is 5.75 Å². The molecule has 0 saturated carbocycles. The van der Waals surface area contributed by atoms with Gasteiger partial charge < -0.3 is 20.7 Å². The molecule has 6 heteroatoms. The molecule has 0 fully saturated rings. The van der Waals surface area contributed by atoms with E-state index in [1.54, 1.807) is 6.20 Å². The van der Waals surface area contributed by atoms with Crippen molar-refractivity contribution in [1.29, 1.82) is 0 Å². The molecule has 0 atom stereocenters. The summed E-state index contributed by atoms with van der Waals surface area (Å²) in [6.07, 6.45) is 3.87. The van der Waals surface area contributed by atoms with E-state index in [2.05, 4.69) is 32.9 Å². The quantitative estimate of drug-likeness (QED) is 0.328. The second-order valence-electron chi connectivity index (χ2n) is 5.70. The van der Waals surface area contributed by atoms with Crippen molar-refractivity contribution in [3.63, 3.8) is 0 Å². The van der Waals surface area contributed by atoms with E-state index in [4.69, 9.17) is 4.74 Å². The summed E-state index contributed by atoms with van der Waals surface area (Å²) in [6.45, 7) is 5.91. The first-order valence-corrected chi connectivity index (χ1v) is 9.23. The van der Waals surface area contributed by atoms with Crippen molar-refractivity contribution in [3.05, 3.63) is 54.7 Å². The average Bonchev–Trinajstić information content (AvgIpc) is 2.69. The molecule has 26 heavy (non-hydrogen) atoms. The van der Waals surface area contributed by atoms with Crippen molar-refractivity contribution < 1.29 is 4.74 Å². The van der Waals surface area contributed by atoms with Crippen LogP contribution in [0.15, 0.2) is 59.7 Å². The Labute approximate surface area is 156 Å². The number of ether oxygens (including phenoxy) is 1. The predicted molar refractivity (Wildman–Crippen MR) is 108 cm³/mol. The Bertz CT molecular complexity index is 619. The Morgan fingerprint density at radius 2 is 1.85 bits per heavy atom. The molecule has 3 N–H and O–H groups in total. The van der Waals surface area contributed by atoms with Crippen LogP contribution in [0.2, 0.25) is 0 Å². The van der Waals surface area contributed by atoms with Gasteiger partial charge in [0.2, 0.25) is 0 Å². The van der Waals surface area contributed by atoms with Crippen LogP contribution in [-0.2, 0) is 0 Å². The van der Waals surface area contributed by atoms with Gasteiger partial charge in [-0.15, -0.1) is 0 Å². The smallest absolute Gasteiger partial charge is 0.191 e. The van der Waals surface area contributed by atoms with Crippen LogP contribution in [0.25, 0.3) is 0 Å². The highest BCUT2D eigenvalue weighted by atomic mass is 16.5. The maximum atomic E-state index is 5.67. The van der Waals surface area contributed by atoms with Gasteiger partial charge in [-0.25, -0.2) is 4.98 Å². The third kappa shape index (κ3) is 8.37. The molecule has 0 aliphatic carbocycles. The Morgan fingerprint density at radius 3 is 2.62 bits per heavy atom. The molecular weight excluding hydrogens is 326 g/mol. The summed E-state index contributed by atoms with van der Waals surface area (Å²) >= 11 is 0. The fourth-order valence-corrected chi connectivity index (χ4v) is 2.31. The Hall–Kier alpha value is -2.76. The van der Waals surface area contributed by atoms with Crippen LogP contribution >= 0.6 is 0 Å². The second kappa shape index (κ2) is 12.6. The molecular formula is C20H29N5O. The molecule has 0 aliphatic heterocycles. The van der Waals surface area contributed by atoms with Crippen molar-refractivity contribution in [3.8, 4) is 5.75 Å². The molecule has 0 bridgehead atoms. The number of hydrogen-bond acceptors (Lipinski definition) is 4. The van der Waals surface area contributed by atoms with E-state index in [1.165, 1.54) is 0 Å². The minimum Gasteiger partial charge on any atom is -0.492 e. The maximum absolute atomic E-state index is 5.67. The molecule has 6 nitrogen and oxygen atoms in total. The van der Waals surface area contributed by atoms with Crippen molar-refractivity contribution in [1.82, 2.24) is 15.6 Å². The Balaban J connectivity index is 1.58. The molecule has 1 aromatic heterocycles. The lowest BCUT2D eigenvalue weighted by Gasteiger charge is -2.12. The summed E-state index contributed by atoms with van der Waals surface area (Å²) in [4.78, 5) is 8.84. The van der Waals surface area contributed by atoms with Crippen molar-refractivity contribution in [2.45, 2.75) is 19.8 Å². The van der Waals surface area contributed by atoms with Gasteiger partial charge in [0.1, 0.15) is 18.2 Å². The summed E-state index contributed by atoms with van der Waals surface area (Å²) in [6, 6.07) is 15.7. The van der Waals surface area contributed by atoms with E-state index >= 15 is 0 Å². The number of nitrogens with one attached hydrogen (secondary N) is 3. The molecule has 2 aromatic rings. The largest absolute Gasteiger partial charge is 0.492 e. The number of unbranched alkanes of at least 4 members (excludes halogenated alkanes) is 1. The van der Waals surface area contributed by atoms with E-state index < -0.39 is 0 Å². The van der Waals surface area contributed by atoms with Gasteiger partial charge >= 0.3 is 0 Å². The highest BCUT2D eigenvalue weighted by Gasteiger charge is 1.98. The van der Waals surface area contributed by atoms with E-state index in [0.717, 1.165) is 50.0 Å². The zero-order chi connectivity index (χ0) is 18.3. The summed E-state index contributed by atoms with van der Waals surface area (Å²) in [7, 11) is 0. The third-order valence-corrected chi connectivity index (χ3v) is 3.58. The first-order chi connectivity index (χ1) is 12.9. The first kappa shape index (κ1) is 19.6. The maximum Gasteiger partial charge on any atom is 0.191 e. The van der Waals surface area contributed by atoms with Crippen LogP contribution in [0.1, 0.15) is 19.8 Å². The number of para-hydroxylation sites is 1. The molecule has 0 aliphatic rings. The third-order valence-electron chi connectivity index (χ3n) is 3.58. The number of hydrogen-bond donors (Lipinski definition) is 3. The number of guanidine groups is 1. The monoisotopic (exact) mass is 355 g/mol. The number of aromatic nitrogens is 1. The number of aliphatic imine (C=N–C) groups is 1. The van der Waals surface area contributed by atoms with Crippen LogP contribution in [0, 0.1) is 0 Å². The van der Waals surface area contributed by atoms with Gasteiger partial charge in [0.05, 0.1) is 6.54 Å². The number of nitrogens with zero attached hydrogens (tertiary/aromatic N) is 2. The fraction of sp³-hybridized carbons (Fsp3) is 0.400. The normalized spacial score (nSPS) is 11.0. The molecule has 0 unspecified atom stereocenters. The summed E-state index contributed by atoms with van der Waals surface area (Å²) < 4.78 is 5.67. The lowest BCUT2D eigenvalue weighted by molar-refractivity contribution is 0.322. The molecule has 0 spiro atoms. The van der Waals surface area contributed by atoms with Crippen molar-refractivity contribution in [2.24, 2.45) is 4.99 Å². The van der Waals surface area contributed by atoms with E-state index in [0.29, 0.717) is 13.2 Å². The standard InChI is InChI=1S/C20H29N5O/c1-2-21-20(25-16-17-26-18-10-4-3-5-11-18)24-15-9-8-14-23-19-12-6-7-13-22-19/h3-7,10-13H,2,8-9,14-17H2,1H3,(H,22,23)(H2,21,24,25). The van der Waals surface area contributed by atoms with Gasteiger partial charge in [0, 0.05) is 25.8 Å². The van der Waals surface area contributed by atoms with Crippen LogP contribution in [0.3, 0.4) is 0 Å². The Morgan fingerprint density at radius 1 is 1.00 bits per heavy atom. The Kier molecular flexibility index (Phi) is 9.47. The minimum absolute atomic E-state index is 0.600. The SMILES string of the molecule is CCNC(=NCCCCNc1ccccn1)NCCOc1ccccc1. The van der Waals surface area contributed by atoms with E-state index in [9.17, 15) is 0 Å². The first-order valence-electron chi connectivity index (χ1n) is 9.23. The summed E-state index contributed by atoms with van der Waals surface area (Å²) in [5.41, 5.74) is 0. The van der Waals surface area contributed by atoms with Crippen LogP contribution < -0.4 is 20.7 Å². The number of anilines is 1. The van der Waals surface area contributed by atoms with Crippen LogP contribution in [0.4, 0.5) is 5.82 Å². The predicted octanol–water partition coefficient (Wildman–Crippen LogP) is 2.91. The van der Waals surface area contributed by atoms with E-state index in [-0.39, 0.29) is 0 Å². The molecule has 0 saturated heterocycles. The zero-order valence-electron chi connectivity index (χ0n) is 15.4. The van der Waals surface area contributed by atoms with Crippen molar-refractivity contribution >= 4 is 11.8 Å². The number of benzene rings is 1. The van der Waals surface area contributed by atoms with Crippen molar-refractivity contribution in [2.75, 3.05) is 38.1 Å². The highest BCUT2D eigenvalue weighted by molar-refractivity contribution is 5.79. The molecule has 0 radical (unpaired) electrons. The topological polar surface area (TPSA) is 70.6 Å².